The average molecular weight is 438 g/mol. The van der Waals surface area contributed by atoms with E-state index in [-0.39, 0.29) is 29.2 Å². The Labute approximate surface area is 176 Å². The number of ether oxygens (including phenoxy) is 1. The number of halogens is 1. The van der Waals surface area contributed by atoms with E-state index >= 15 is 0 Å². The van der Waals surface area contributed by atoms with Crippen LogP contribution in [0, 0.1) is 9.87 Å². The number of alkyl halides is 1. The Morgan fingerprint density at radius 2 is 2.21 bits per heavy atom. The molecular formula is C19H20ClN3O3S2. The zero-order valence-corrected chi connectivity index (χ0v) is 17.6. The molecule has 1 aromatic heterocycles. The topological polar surface area (TPSA) is 72.4 Å². The number of thiazole rings is 1. The van der Waals surface area contributed by atoms with Crippen molar-refractivity contribution < 1.29 is 14.3 Å². The number of para-hydroxylation sites is 2. The van der Waals surface area contributed by atoms with Crippen molar-refractivity contribution in [3.05, 3.63) is 33.1 Å². The largest absolute Gasteiger partial charge is 0.492 e. The average Bonchev–Trinajstić information content (AvgIpc) is 3.00. The van der Waals surface area contributed by atoms with Crippen molar-refractivity contribution in [3.8, 4) is 5.75 Å². The first-order chi connectivity index (χ1) is 13.5. The highest BCUT2D eigenvalue weighted by Crippen LogP contribution is 2.44. The predicted molar refractivity (Wildman–Crippen MR) is 113 cm³/mol. The van der Waals surface area contributed by atoms with Gasteiger partial charge in [-0.3, -0.25) is 9.59 Å². The van der Waals surface area contributed by atoms with E-state index in [0.717, 1.165) is 12.8 Å². The quantitative estimate of drug-likeness (QED) is 0.530. The SMILES string of the molecule is CCOc1ccccc1NC(=O)c1sc(=S)n2c1NC(=O)C1CCC(Cl)CC12. The molecule has 1 aliphatic heterocycles. The second kappa shape index (κ2) is 7.85. The van der Waals surface area contributed by atoms with E-state index in [1.54, 1.807) is 12.1 Å². The number of fused-ring (bicyclic) bond motifs is 3. The molecule has 6 nitrogen and oxygen atoms in total. The number of hydrogen-bond donors (Lipinski definition) is 2. The monoisotopic (exact) mass is 437 g/mol. The number of rotatable bonds is 4. The first-order valence-corrected chi connectivity index (χ1v) is 10.9. The summed E-state index contributed by atoms with van der Waals surface area (Å²) in [5.74, 6) is 0.521. The lowest BCUT2D eigenvalue weighted by Crippen LogP contribution is -2.41. The predicted octanol–water partition coefficient (Wildman–Crippen LogP) is 4.83. The molecule has 28 heavy (non-hydrogen) atoms. The number of nitrogens with one attached hydrogen (secondary N) is 2. The van der Waals surface area contributed by atoms with Gasteiger partial charge in [-0.2, -0.15) is 0 Å². The first kappa shape index (κ1) is 19.4. The van der Waals surface area contributed by atoms with Gasteiger partial charge in [-0.1, -0.05) is 23.5 Å². The van der Waals surface area contributed by atoms with Gasteiger partial charge in [-0.05, 0) is 50.5 Å². The number of carbonyl (C=O) groups is 2. The fraction of sp³-hybridized carbons (Fsp3) is 0.421. The minimum atomic E-state index is -0.325. The Bertz CT molecular complexity index is 987. The maximum Gasteiger partial charge on any atom is 0.269 e. The molecule has 0 bridgehead atoms. The summed E-state index contributed by atoms with van der Waals surface area (Å²) in [5, 5.41) is 5.79. The minimum absolute atomic E-state index is 0.0112. The Morgan fingerprint density at radius 1 is 1.43 bits per heavy atom. The van der Waals surface area contributed by atoms with Gasteiger partial charge in [0.2, 0.25) is 5.91 Å². The van der Waals surface area contributed by atoms with Crippen molar-refractivity contribution in [2.45, 2.75) is 37.6 Å². The lowest BCUT2D eigenvalue weighted by atomic mass is 9.82. The van der Waals surface area contributed by atoms with Crippen LogP contribution in [0.3, 0.4) is 0 Å². The molecule has 1 saturated carbocycles. The summed E-state index contributed by atoms with van der Waals surface area (Å²) in [7, 11) is 0. The van der Waals surface area contributed by atoms with Crippen molar-refractivity contribution >= 4 is 58.5 Å². The van der Waals surface area contributed by atoms with Gasteiger partial charge in [0.25, 0.3) is 5.91 Å². The fourth-order valence-electron chi connectivity index (χ4n) is 3.89. The first-order valence-electron chi connectivity index (χ1n) is 9.23. The van der Waals surface area contributed by atoms with E-state index in [4.69, 9.17) is 28.6 Å². The van der Waals surface area contributed by atoms with E-state index < -0.39 is 0 Å². The second-order valence-corrected chi connectivity index (χ2v) is 9.13. The highest BCUT2D eigenvalue weighted by molar-refractivity contribution is 7.73. The number of benzene rings is 1. The van der Waals surface area contributed by atoms with Crippen molar-refractivity contribution in [2.75, 3.05) is 17.2 Å². The molecule has 1 fully saturated rings. The number of carbonyl (C=O) groups excluding carboxylic acids is 2. The summed E-state index contributed by atoms with van der Waals surface area (Å²) in [5.41, 5.74) is 0.575. The highest BCUT2D eigenvalue weighted by atomic mass is 35.5. The summed E-state index contributed by atoms with van der Waals surface area (Å²) in [6, 6.07) is 7.14. The van der Waals surface area contributed by atoms with Gasteiger partial charge in [0.15, 0.2) is 3.95 Å². The number of nitrogens with zero attached hydrogens (tertiary/aromatic N) is 1. The molecule has 3 unspecified atom stereocenters. The standard InChI is InChI=1S/C19H20ClN3O3S2/c1-2-26-14-6-4-3-5-12(14)21-18(25)15-16-22-17(24)11-8-7-10(20)9-13(11)23(16)19(27)28-15/h3-6,10-11,13H,2,7-9H2,1H3,(H,21,25)(H,22,24). The number of aromatic nitrogens is 1. The number of amides is 2. The van der Waals surface area contributed by atoms with Gasteiger partial charge in [0, 0.05) is 5.38 Å². The maximum atomic E-state index is 13.0. The van der Waals surface area contributed by atoms with Crippen molar-refractivity contribution in [1.29, 1.82) is 0 Å². The normalized spacial score (nSPS) is 23.4. The molecular weight excluding hydrogens is 418 g/mol. The molecule has 0 radical (unpaired) electrons. The molecule has 2 amide bonds. The minimum Gasteiger partial charge on any atom is -0.492 e. The lowest BCUT2D eigenvalue weighted by molar-refractivity contribution is -0.123. The van der Waals surface area contributed by atoms with E-state index in [2.05, 4.69) is 10.6 Å². The van der Waals surface area contributed by atoms with Crippen LogP contribution in [-0.4, -0.2) is 28.4 Å². The van der Waals surface area contributed by atoms with Gasteiger partial charge in [-0.25, -0.2) is 0 Å². The number of anilines is 2. The van der Waals surface area contributed by atoms with Crippen LogP contribution >= 0.6 is 35.2 Å². The Balaban J connectivity index is 1.68. The molecule has 2 aromatic rings. The summed E-state index contributed by atoms with van der Waals surface area (Å²) in [6.45, 7) is 2.38. The number of hydrogen-bond acceptors (Lipinski definition) is 5. The van der Waals surface area contributed by atoms with Gasteiger partial charge in [0.1, 0.15) is 16.4 Å². The lowest BCUT2D eigenvalue weighted by Gasteiger charge is -2.38. The summed E-state index contributed by atoms with van der Waals surface area (Å²) in [6.07, 6.45) is 2.21. The molecule has 1 aromatic carbocycles. The molecule has 1 aliphatic carbocycles. The molecule has 2 heterocycles. The summed E-state index contributed by atoms with van der Waals surface area (Å²) in [4.78, 5) is 26.0. The molecule has 2 aliphatic rings. The molecule has 0 saturated heterocycles. The highest BCUT2D eigenvalue weighted by Gasteiger charge is 2.42. The van der Waals surface area contributed by atoms with Crippen LogP contribution in [0.25, 0.3) is 0 Å². The summed E-state index contributed by atoms with van der Waals surface area (Å²) < 4.78 is 8.04. The Morgan fingerprint density at radius 3 is 3.00 bits per heavy atom. The third-order valence-electron chi connectivity index (χ3n) is 5.15. The molecule has 4 rings (SSSR count). The molecule has 9 heteroatoms. The van der Waals surface area contributed by atoms with Crippen LogP contribution < -0.4 is 15.4 Å². The van der Waals surface area contributed by atoms with Gasteiger partial charge >= 0.3 is 0 Å². The van der Waals surface area contributed by atoms with Gasteiger partial charge in [-0.15, -0.1) is 11.6 Å². The fourth-order valence-corrected chi connectivity index (χ4v) is 5.56. The third-order valence-corrected chi connectivity index (χ3v) is 6.94. The smallest absolute Gasteiger partial charge is 0.269 e. The van der Waals surface area contributed by atoms with E-state index in [9.17, 15) is 9.59 Å². The van der Waals surface area contributed by atoms with Gasteiger partial charge in [0.05, 0.1) is 24.3 Å². The summed E-state index contributed by atoms with van der Waals surface area (Å²) >= 11 is 13.1. The van der Waals surface area contributed by atoms with E-state index in [1.807, 2.05) is 23.6 Å². The Hall–Kier alpha value is -1.90. The van der Waals surface area contributed by atoms with Crippen LogP contribution in [0.2, 0.25) is 0 Å². The molecule has 0 spiro atoms. The van der Waals surface area contributed by atoms with Crippen LogP contribution in [0.15, 0.2) is 24.3 Å². The van der Waals surface area contributed by atoms with Crippen molar-refractivity contribution in [2.24, 2.45) is 5.92 Å². The maximum absolute atomic E-state index is 13.0. The van der Waals surface area contributed by atoms with Crippen LogP contribution in [-0.2, 0) is 4.79 Å². The van der Waals surface area contributed by atoms with Crippen LogP contribution in [0.5, 0.6) is 5.75 Å². The Kier molecular flexibility index (Phi) is 5.44. The van der Waals surface area contributed by atoms with Gasteiger partial charge < -0.3 is 19.9 Å². The van der Waals surface area contributed by atoms with Crippen LogP contribution in [0.4, 0.5) is 11.5 Å². The van der Waals surface area contributed by atoms with Crippen molar-refractivity contribution in [1.82, 2.24) is 4.57 Å². The zero-order valence-electron chi connectivity index (χ0n) is 15.2. The second-order valence-electron chi connectivity index (χ2n) is 6.87. The molecule has 2 N–H and O–H groups in total. The van der Waals surface area contributed by atoms with E-state index in [1.165, 1.54) is 11.3 Å². The molecule has 3 atom stereocenters. The third kappa shape index (κ3) is 3.44. The molecule has 148 valence electrons. The zero-order chi connectivity index (χ0) is 19.8. The van der Waals surface area contributed by atoms with Crippen molar-refractivity contribution in [3.63, 3.8) is 0 Å². The van der Waals surface area contributed by atoms with Crippen LogP contribution in [0.1, 0.15) is 41.9 Å². The van der Waals surface area contributed by atoms with E-state index in [0.29, 0.717) is 39.1 Å².